The number of carbonyl (C=O) groups is 1. The van der Waals surface area contributed by atoms with Crippen LogP contribution in [0.5, 0.6) is 5.75 Å². The lowest BCUT2D eigenvalue weighted by Crippen LogP contribution is -2.28. The Labute approximate surface area is 117 Å². The molecule has 1 fully saturated rings. The summed E-state index contributed by atoms with van der Waals surface area (Å²) >= 11 is 3.37. The second-order valence-electron chi connectivity index (χ2n) is 5.46. The van der Waals surface area contributed by atoms with E-state index in [2.05, 4.69) is 29.8 Å². The van der Waals surface area contributed by atoms with Crippen LogP contribution in [0.15, 0.2) is 22.7 Å². The van der Waals surface area contributed by atoms with E-state index in [-0.39, 0.29) is 6.10 Å². The number of halogens is 1. The second-order valence-corrected chi connectivity index (χ2v) is 6.37. The van der Waals surface area contributed by atoms with Crippen LogP contribution >= 0.6 is 15.9 Å². The van der Waals surface area contributed by atoms with Crippen molar-refractivity contribution in [1.82, 2.24) is 0 Å². The Morgan fingerprint density at radius 1 is 1.22 bits per heavy atom. The first-order valence-electron chi connectivity index (χ1n) is 6.50. The van der Waals surface area contributed by atoms with E-state index in [4.69, 9.17) is 4.74 Å². The van der Waals surface area contributed by atoms with Gasteiger partial charge in [0, 0.05) is 4.47 Å². The molecule has 0 saturated heterocycles. The number of rotatable bonds is 3. The Hall–Kier alpha value is -0.830. The molecule has 3 heteroatoms. The Balaban J connectivity index is 2.11. The van der Waals surface area contributed by atoms with Crippen molar-refractivity contribution in [2.24, 2.45) is 11.8 Å². The predicted molar refractivity (Wildman–Crippen MR) is 76.1 cm³/mol. The van der Waals surface area contributed by atoms with Crippen LogP contribution in [0.1, 0.15) is 43.5 Å². The average molecular weight is 311 g/mol. The fourth-order valence-corrected chi connectivity index (χ4v) is 3.25. The lowest BCUT2D eigenvalue weighted by atomic mass is 9.82. The average Bonchev–Trinajstić information content (AvgIpc) is 2.30. The molecule has 0 aliphatic heterocycles. The number of aldehydes is 1. The van der Waals surface area contributed by atoms with Gasteiger partial charge in [-0.3, -0.25) is 4.79 Å². The van der Waals surface area contributed by atoms with Crippen molar-refractivity contribution >= 4 is 22.2 Å². The van der Waals surface area contributed by atoms with Gasteiger partial charge in [0.25, 0.3) is 0 Å². The predicted octanol–water partition coefficient (Wildman–Crippen LogP) is 4.47. The Bertz CT molecular complexity index is 421. The largest absolute Gasteiger partial charge is 0.490 e. The summed E-state index contributed by atoms with van der Waals surface area (Å²) in [4.78, 5) is 11.0. The van der Waals surface area contributed by atoms with Crippen LogP contribution < -0.4 is 4.74 Å². The van der Waals surface area contributed by atoms with Gasteiger partial charge in [0.05, 0.1) is 11.7 Å². The van der Waals surface area contributed by atoms with Crippen molar-refractivity contribution in [2.75, 3.05) is 0 Å². The summed E-state index contributed by atoms with van der Waals surface area (Å²) in [6.07, 6.45) is 4.54. The van der Waals surface area contributed by atoms with Crippen LogP contribution in [0.4, 0.5) is 0 Å². The third-order valence-corrected chi connectivity index (χ3v) is 4.02. The van der Waals surface area contributed by atoms with Crippen molar-refractivity contribution in [3.63, 3.8) is 0 Å². The van der Waals surface area contributed by atoms with Crippen molar-refractivity contribution in [3.05, 3.63) is 28.2 Å². The molecule has 1 aromatic rings. The van der Waals surface area contributed by atoms with Gasteiger partial charge < -0.3 is 4.74 Å². The highest BCUT2D eigenvalue weighted by molar-refractivity contribution is 9.10. The topological polar surface area (TPSA) is 26.3 Å². The molecule has 1 saturated carbocycles. The van der Waals surface area contributed by atoms with E-state index in [0.717, 1.165) is 23.6 Å². The maximum atomic E-state index is 11.0. The smallest absolute Gasteiger partial charge is 0.153 e. The second kappa shape index (κ2) is 5.87. The number of benzene rings is 1. The highest BCUT2D eigenvalue weighted by atomic mass is 79.9. The molecule has 0 radical (unpaired) electrons. The molecule has 0 bridgehead atoms. The van der Waals surface area contributed by atoms with Gasteiger partial charge in [0.2, 0.25) is 0 Å². The summed E-state index contributed by atoms with van der Waals surface area (Å²) in [5, 5.41) is 0. The number of carbonyl (C=O) groups excluding carboxylic acids is 1. The van der Waals surface area contributed by atoms with Crippen LogP contribution in [0.3, 0.4) is 0 Å². The molecule has 0 N–H and O–H groups in total. The normalized spacial score (nSPS) is 27.8. The highest BCUT2D eigenvalue weighted by Crippen LogP contribution is 2.32. The monoisotopic (exact) mass is 310 g/mol. The summed E-state index contributed by atoms with van der Waals surface area (Å²) in [5.74, 6) is 2.11. The molecule has 1 aliphatic rings. The van der Waals surface area contributed by atoms with E-state index in [1.807, 2.05) is 12.1 Å². The van der Waals surface area contributed by atoms with E-state index in [0.29, 0.717) is 23.1 Å². The third kappa shape index (κ3) is 3.35. The molecule has 2 unspecified atom stereocenters. The molecular formula is C15H19BrO2. The molecule has 0 aromatic heterocycles. The summed E-state index contributed by atoms with van der Waals surface area (Å²) in [5.41, 5.74) is 0.621. The van der Waals surface area contributed by atoms with Gasteiger partial charge in [-0.05, 0) is 49.3 Å². The lowest BCUT2D eigenvalue weighted by Gasteiger charge is -2.32. The Kier molecular flexibility index (Phi) is 4.44. The number of hydrogen-bond donors (Lipinski definition) is 0. The first-order valence-corrected chi connectivity index (χ1v) is 7.29. The molecule has 18 heavy (non-hydrogen) atoms. The van der Waals surface area contributed by atoms with Crippen molar-refractivity contribution in [2.45, 2.75) is 39.2 Å². The maximum Gasteiger partial charge on any atom is 0.153 e. The summed E-state index contributed by atoms with van der Waals surface area (Å²) in [6.45, 7) is 4.54. The van der Waals surface area contributed by atoms with E-state index in [1.165, 1.54) is 6.42 Å². The summed E-state index contributed by atoms with van der Waals surface area (Å²) < 4.78 is 6.93. The lowest BCUT2D eigenvalue weighted by molar-refractivity contribution is 0.0980. The van der Waals surface area contributed by atoms with E-state index in [1.54, 1.807) is 6.07 Å². The van der Waals surface area contributed by atoms with Gasteiger partial charge in [-0.25, -0.2) is 0 Å². The highest BCUT2D eigenvalue weighted by Gasteiger charge is 2.25. The fourth-order valence-electron chi connectivity index (χ4n) is 2.87. The molecule has 0 amide bonds. The first-order chi connectivity index (χ1) is 8.58. The molecular weight excluding hydrogens is 292 g/mol. The molecule has 2 nitrogen and oxygen atoms in total. The van der Waals surface area contributed by atoms with Crippen molar-refractivity contribution in [1.29, 1.82) is 0 Å². The van der Waals surface area contributed by atoms with Crippen LogP contribution in [0.25, 0.3) is 0 Å². The van der Waals surface area contributed by atoms with Gasteiger partial charge in [-0.2, -0.15) is 0 Å². The Morgan fingerprint density at radius 3 is 2.50 bits per heavy atom. The zero-order chi connectivity index (χ0) is 13.1. The number of ether oxygens (including phenoxy) is 1. The third-order valence-electron chi connectivity index (χ3n) is 3.53. The van der Waals surface area contributed by atoms with Crippen molar-refractivity contribution < 1.29 is 9.53 Å². The Morgan fingerprint density at radius 2 is 1.89 bits per heavy atom. The fraction of sp³-hybridized carbons (Fsp3) is 0.533. The van der Waals surface area contributed by atoms with Gasteiger partial charge >= 0.3 is 0 Å². The molecule has 0 heterocycles. The molecule has 1 aromatic carbocycles. The SMILES string of the molecule is CC1CC(C)CC(Oc2ccc(Br)cc2C=O)C1. The van der Waals surface area contributed by atoms with E-state index < -0.39 is 0 Å². The minimum Gasteiger partial charge on any atom is -0.490 e. The zero-order valence-electron chi connectivity index (χ0n) is 10.9. The van der Waals surface area contributed by atoms with Crippen LogP contribution in [-0.2, 0) is 0 Å². The zero-order valence-corrected chi connectivity index (χ0v) is 12.4. The summed E-state index contributed by atoms with van der Waals surface area (Å²) in [6, 6.07) is 5.59. The minimum atomic E-state index is 0.239. The quantitative estimate of drug-likeness (QED) is 0.770. The molecule has 98 valence electrons. The van der Waals surface area contributed by atoms with Crippen LogP contribution in [-0.4, -0.2) is 12.4 Å². The van der Waals surface area contributed by atoms with Crippen LogP contribution in [0, 0.1) is 11.8 Å². The van der Waals surface area contributed by atoms with Gasteiger partial charge in [-0.15, -0.1) is 0 Å². The molecule has 1 aliphatic carbocycles. The minimum absolute atomic E-state index is 0.239. The van der Waals surface area contributed by atoms with Gasteiger partial charge in [0.15, 0.2) is 6.29 Å². The molecule has 2 atom stereocenters. The van der Waals surface area contributed by atoms with E-state index in [9.17, 15) is 4.79 Å². The maximum absolute atomic E-state index is 11.0. The van der Waals surface area contributed by atoms with E-state index >= 15 is 0 Å². The first kappa shape index (κ1) is 13.6. The van der Waals surface area contributed by atoms with Gasteiger partial charge in [-0.1, -0.05) is 29.8 Å². The molecule has 0 spiro atoms. The van der Waals surface area contributed by atoms with Gasteiger partial charge in [0.1, 0.15) is 5.75 Å². The molecule has 2 rings (SSSR count). The van der Waals surface area contributed by atoms with Crippen molar-refractivity contribution in [3.8, 4) is 5.75 Å². The standard InChI is InChI=1S/C15H19BrO2/c1-10-5-11(2)7-14(6-10)18-15-4-3-13(16)8-12(15)9-17/h3-4,8-11,14H,5-7H2,1-2H3. The number of hydrogen-bond acceptors (Lipinski definition) is 2. The van der Waals surface area contributed by atoms with Crippen LogP contribution in [0.2, 0.25) is 0 Å². The summed E-state index contributed by atoms with van der Waals surface area (Å²) in [7, 11) is 0.